The number of hydrogen-bond donors (Lipinski definition) is 1. The van der Waals surface area contributed by atoms with E-state index in [1.54, 1.807) is 17.1 Å². The number of aryl methyl sites for hydroxylation is 1. The van der Waals surface area contributed by atoms with Crippen LogP contribution in [0.3, 0.4) is 0 Å². The summed E-state index contributed by atoms with van der Waals surface area (Å²) < 4.78 is 20.5. The second-order valence-corrected chi connectivity index (χ2v) is 3.91. The van der Waals surface area contributed by atoms with Crippen molar-refractivity contribution in [1.29, 1.82) is 0 Å². The lowest BCUT2D eigenvalue weighted by molar-refractivity contribution is 0.0686. The molecule has 0 fully saturated rings. The molecule has 5 nitrogen and oxygen atoms in total. The van der Waals surface area contributed by atoms with Crippen molar-refractivity contribution < 1.29 is 19.0 Å². The van der Waals surface area contributed by atoms with E-state index in [0.717, 1.165) is 18.2 Å². The Balaban J connectivity index is 2.15. The molecular weight excluding hydrogens is 251 g/mol. The molecule has 0 aliphatic rings. The van der Waals surface area contributed by atoms with Gasteiger partial charge in [-0.2, -0.15) is 5.10 Å². The first-order chi connectivity index (χ1) is 9.11. The van der Waals surface area contributed by atoms with Gasteiger partial charge in [-0.25, -0.2) is 9.18 Å². The van der Waals surface area contributed by atoms with Crippen LogP contribution < -0.4 is 4.74 Å². The summed E-state index contributed by atoms with van der Waals surface area (Å²) in [6, 6.07) is 3.93. The molecule has 6 heteroatoms. The van der Waals surface area contributed by atoms with E-state index in [2.05, 4.69) is 5.10 Å². The van der Waals surface area contributed by atoms with Crippen molar-refractivity contribution in [3.63, 3.8) is 0 Å². The van der Waals surface area contributed by atoms with Crippen LogP contribution in [0.25, 0.3) is 0 Å². The number of nitrogens with zero attached hydrogens (tertiary/aromatic N) is 2. The zero-order valence-corrected chi connectivity index (χ0v) is 10.3. The highest BCUT2D eigenvalue weighted by Crippen LogP contribution is 2.22. The van der Waals surface area contributed by atoms with Gasteiger partial charge >= 0.3 is 5.97 Å². The topological polar surface area (TPSA) is 64.3 Å². The number of rotatable bonds is 5. The number of hydrogen-bond acceptors (Lipinski definition) is 3. The van der Waals surface area contributed by atoms with Crippen LogP contribution in [0.15, 0.2) is 30.6 Å². The van der Waals surface area contributed by atoms with E-state index in [1.807, 2.05) is 6.92 Å². The van der Waals surface area contributed by atoms with Gasteiger partial charge in [0, 0.05) is 18.3 Å². The minimum Gasteiger partial charge on any atom is -0.488 e. The summed E-state index contributed by atoms with van der Waals surface area (Å²) in [4.78, 5) is 11.0. The van der Waals surface area contributed by atoms with Gasteiger partial charge in [-0.15, -0.1) is 0 Å². The van der Waals surface area contributed by atoms with Crippen molar-refractivity contribution in [2.75, 3.05) is 0 Å². The van der Waals surface area contributed by atoms with Crippen LogP contribution in [0, 0.1) is 5.82 Å². The molecule has 1 N–H and O–H groups in total. The lowest BCUT2D eigenvalue weighted by Gasteiger charge is -2.08. The van der Waals surface area contributed by atoms with Crippen LogP contribution in [0.5, 0.6) is 5.75 Å². The van der Waals surface area contributed by atoms with Gasteiger partial charge in [-0.3, -0.25) is 4.68 Å². The molecule has 0 bridgehead atoms. The Bertz CT molecular complexity index is 595. The maximum absolute atomic E-state index is 13.4. The van der Waals surface area contributed by atoms with Crippen LogP contribution >= 0.6 is 0 Å². The average Bonchev–Trinajstić information content (AvgIpc) is 2.83. The molecule has 2 rings (SSSR count). The number of carboxylic acids is 1. The molecule has 1 heterocycles. The lowest BCUT2D eigenvalue weighted by Crippen LogP contribution is -2.05. The number of aromatic nitrogens is 2. The molecule has 0 aliphatic heterocycles. The average molecular weight is 264 g/mol. The second-order valence-electron chi connectivity index (χ2n) is 3.91. The van der Waals surface area contributed by atoms with Gasteiger partial charge in [0.1, 0.15) is 23.7 Å². The van der Waals surface area contributed by atoms with Crippen LogP contribution in [0.4, 0.5) is 4.39 Å². The van der Waals surface area contributed by atoms with Crippen LogP contribution in [-0.2, 0) is 13.2 Å². The zero-order valence-electron chi connectivity index (χ0n) is 10.3. The summed E-state index contributed by atoms with van der Waals surface area (Å²) in [6.45, 7) is 2.83. The van der Waals surface area contributed by atoms with E-state index < -0.39 is 17.3 Å². The number of ether oxygens (including phenoxy) is 1. The number of halogens is 1. The Kier molecular flexibility index (Phi) is 3.79. The van der Waals surface area contributed by atoms with Gasteiger partial charge < -0.3 is 9.84 Å². The van der Waals surface area contributed by atoms with E-state index in [0.29, 0.717) is 0 Å². The Morgan fingerprint density at radius 2 is 2.32 bits per heavy atom. The van der Waals surface area contributed by atoms with Gasteiger partial charge in [0.25, 0.3) is 0 Å². The summed E-state index contributed by atoms with van der Waals surface area (Å²) >= 11 is 0. The Morgan fingerprint density at radius 3 is 2.95 bits per heavy atom. The zero-order chi connectivity index (χ0) is 13.8. The SMILES string of the molecule is CCn1cc(COc2cccc(F)c2C(=O)O)cn1. The van der Waals surface area contributed by atoms with Crippen LogP contribution in [0.1, 0.15) is 22.8 Å². The monoisotopic (exact) mass is 264 g/mol. The second kappa shape index (κ2) is 5.51. The fourth-order valence-electron chi connectivity index (χ4n) is 1.65. The van der Waals surface area contributed by atoms with E-state index in [-0.39, 0.29) is 12.4 Å². The molecule has 1 aromatic heterocycles. The van der Waals surface area contributed by atoms with Crippen molar-refractivity contribution in [2.24, 2.45) is 0 Å². The highest BCUT2D eigenvalue weighted by Gasteiger charge is 2.16. The highest BCUT2D eigenvalue weighted by atomic mass is 19.1. The maximum Gasteiger partial charge on any atom is 0.342 e. The normalized spacial score (nSPS) is 10.4. The minimum atomic E-state index is -1.35. The maximum atomic E-state index is 13.4. The largest absolute Gasteiger partial charge is 0.488 e. The van der Waals surface area contributed by atoms with Gasteiger partial charge in [0.05, 0.1) is 6.20 Å². The number of benzene rings is 1. The van der Waals surface area contributed by atoms with Crippen molar-refractivity contribution in [2.45, 2.75) is 20.1 Å². The van der Waals surface area contributed by atoms with Crippen LogP contribution in [-0.4, -0.2) is 20.9 Å². The van der Waals surface area contributed by atoms with E-state index in [4.69, 9.17) is 9.84 Å². The molecule has 100 valence electrons. The molecule has 0 saturated heterocycles. The molecule has 0 saturated carbocycles. The third kappa shape index (κ3) is 2.90. The van der Waals surface area contributed by atoms with Gasteiger partial charge in [0.2, 0.25) is 0 Å². The van der Waals surface area contributed by atoms with Crippen LogP contribution in [0.2, 0.25) is 0 Å². The molecule has 19 heavy (non-hydrogen) atoms. The number of aromatic carboxylic acids is 1. The Labute approximate surface area is 109 Å². The summed E-state index contributed by atoms with van der Waals surface area (Å²) in [5.74, 6) is -2.15. The van der Waals surface area contributed by atoms with E-state index in [1.165, 1.54) is 12.1 Å². The minimum absolute atomic E-state index is 0.0109. The van der Waals surface area contributed by atoms with Gasteiger partial charge in [-0.1, -0.05) is 6.07 Å². The molecule has 2 aromatic rings. The predicted molar refractivity (Wildman–Crippen MR) is 65.6 cm³/mol. The summed E-state index contributed by atoms with van der Waals surface area (Å²) in [7, 11) is 0. The standard InChI is InChI=1S/C13H13FN2O3/c1-2-16-7-9(6-15-16)8-19-11-5-3-4-10(14)12(11)13(17)18/h3-7H,2,8H2,1H3,(H,17,18). The van der Waals surface area contributed by atoms with Gasteiger partial charge in [-0.05, 0) is 19.1 Å². The molecule has 0 radical (unpaired) electrons. The van der Waals surface area contributed by atoms with Crippen molar-refractivity contribution in [3.05, 3.63) is 47.5 Å². The van der Waals surface area contributed by atoms with E-state index >= 15 is 0 Å². The number of carbonyl (C=O) groups is 1. The quantitative estimate of drug-likeness (QED) is 0.900. The first-order valence-corrected chi connectivity index (χ1v) is 5.77. The lowest BCUT2D eigenvalue weighted by atomic mass is 10.2. The third-order valence-electron chi connectivity index (χ3n) is 2.59. The van der Waals surface area contributed by atoms with Crippen molar-refractivity contribution >= 4 is 5.97 Å². The molecular formula is C13H13FN2O3. The first-order valence-electron chi connectivity index (χ1n) is 5.77. The fourth-order valence-corrected chi connectivity index (χ4v) is 1.65. The fraction of sp³-hybridized carbons (Fsp3) is 0.231. The molecule has 0 spiro atoms. The van der Waals surface area contributed by atoms with Crippen molar-refractivity contribution in [1.82, 2.24) is 9.78 Å². The first kappa shape index (κ1) is 13.1. The summed E-state index contributed by atoms with van der Waals surface area (Å²) in [6.07, 6.45) is 3.42. The summed E-state index contributed by atoms with van der Waals surface area (Å²) in [5, 5.41) is 13.0. The highest BCUT2D eigenvalue weighted by molar-refractivity contribution is 5.91. The Morgan fingerprint density at radius 1 is 1.53 bits per heavy atom. The summed E-state index contributed by atoms with van der Waals surface area (Å²) in [5.41, 5.74) is 0.341. The molecule has 0 unspecified atom stereocenters. The molecule has 0 aliphatic carbocycles. The predicted octanol–water partition coefficient (Wildman–Crippen LogP) is 2.32. The number of carboxylic acid groups (broad SMARTS) is 1. The molecule has 0 amide bonds. The van der Waals surface area contributed by atoms with E-state index in [9.17, 15) is 9.18 Å². The van der Waals surface area contributed by atoms with Crippen molar-refractivity contribution in [3.8, 4) is 5.75 Å². The van der Waals surface area contributed by atoms with Gasteiger partial charge in [0.15, 0.2) is 0 Å². The third-order valence-corrected chi connectivity index (χ3v) is 2.59. The smallest absolute Gasteiger partial charge is 0.342 e. The molecule has 1 aromatic carbocycles. The molecule has 0 atom stereocenters. The Hall–Kier alpha value is -2.37.